The Hall–Kier alpha value is -0.890. The molecule has 10 heteroatoms. The molecule has 1 unspecified atom stereocenters. The first-order valence-corrected chi connectivity index (χ1v) is 4.90. The molecule has 2 aliphatic heterocycles. The van der Waals surface area contributed by atoms with Crippen LogP contribution in [0, 0.1) is 6.92 Å². The van der Waals surface area contributed by atoms with Crippen LogP contribution in [0.5, 0.6) is 5.88 Å². The largest absolute Gasteiger partial charge is 1.00 e. The average molecular weight is 252 g/mol. The predicted octanol–water partition coefficient (Wildman–Crippen LogP) is -3.66. The normalized spacial score (nSPS) is 21.5. The van der Waals surface area contributed by atoms with E-state index in [9.17, 15) is 4.79 Å². The standard InChI is InChI=1S/C8H5B2N3O4.Na/c1-4-2-5(15-3-14)12-8(11-4)13-7-10(17-7)6-9-16-6;/h2,6H,1H3;/q-1;+1. The Labute approximate surface area is 126 Å². The van der Waals surface area contributed by atoms with E-state index >= 15 is 0 Å². The van der Waals surface area contributed by atoms with Gasteiger partial charge in [0.15, 0.2) is 12.3 Å². The van der Waals surface area contributed by atoms with E-state index in [4.69, 9.17) is 9.31 Å². The third-order valence-electron chi connectivity index (χ3n) is 2.20. The summed E-state index contributed by atoms with van der Waals surface area (Å²) >= 11 is 0. The minimum atomic E-state index is -0.124. The van der Waals surface area contributed by atoms with Crippen molar-refractivity contribution in [1.82, 2.24) is 9.97 Å². The molecule has 0 amide bonds. The first-order chi connectivity index (χ1) is 8.26. The van der Waals surface area contributed by atoms with Crippen molar-refractivity contribution in [3.63, 3.8) is 0 Å². The molecule has 0 spiro atoms. The number of hydrogen-bond acceptors (Lipinski definition) is 7. The Morgan fingerprint density at radius 2 is 2.39 bits per heavy atom. The van der Waals surface area contributed by atoms with Crippen LogP contribution in [0.25, 0.3) is 0 Å². The van der Waals surface area contributed by atoms with Crippen LogP contribution in [-0.4, -0.2) is 42.5 Å². The van der Waals surface area contributed by atoms with Crippen molar-refractivity contribution >= 4 is 32.6 Å². The third-order valence-corrected chi connectivity index (χ3v) is 2.20. The Kier molecular flexibility index (Phi) is 4.06. The van der Waals surface area contributed by atoms with Crippen LogP contribution >= 0.6 is 0 Å². The second-order valence-electron chi connectivity index (χ2n) is 3.56. The summed E-state index contributed by atoms with van der Waals surface area (Å²) in [6.07, 6.45) is 0. The van der Waals surface area contributed by atoms with Crippen molar-refractivity contribution in [3.8, 4) is 5.88 Å². The van der Waals surface area contributed by atoms with Gasteiger partial charge in [0.05, 0.1) is 11.8 Å². The summed E-state index contributed by atoms with van der Waals surface area (Å²) in [6.45, 7) is 2.92. The SMILES string of the molecule is Cc1cc(O[C-]=O)nc(N=C2OB2C2[B]O2)n1.[Na+]. The second kappa shape index (κ2) is 5.40. The third kappa shape index (κ3) is 3.11. The maximum absolute atomic E-state index is 10.1. The first kappa shape index (κ1) is 13.5. The molecule has 0 saturated carbocycles. The summed E-state index contributed by atoms with van der Waals surface area (Å²) in [6, 6.07) is 1.51. The van der Waals surface area contributed by atoms with Crippen molar-refractivity contribution in [2.45, 2.75) is 12.8 Å². The molecule has 1 radical (unpaired) electrons. The molecule has 18 heavy (non-hydrogen) atoms. The zero-order chi connectivity index (χ0) is 11.8. The second-order valence-corrected chi connectivity index (χ2v) is 3.56. The molecule has 1 atom stereocenters. The molecular weight excluding hydrogens is 247 g/mol. The first-order valence-electron chi connectivity index (χ1n) is 4.90. The van der Waals surface area contributed by atoms with Crippen LogP contribution in [0.2, 0.25) is 0 Å². The van der Waals surface area contributed by atoms with Gasteiger partial charge in [-0.25, -0.2) is 4.98 Å². The Bertz CT molecular complexity index is 511. The summed E-state index contributed by atoms with van der Waals surface area (Å²) in [5.41, 5.74) is 0.635. The van der Waals surface area contributed by atoms with E-state index in [-0.39, 0.29) is 54.2 Å². The van der Waals surface area contributed by atoms with E-state index in [0.717, 1.165) is 0 Å². The van der Waals surface area contributed by atoms with Crippen LogP contribution in [0.4, 0.5) is 5.95 Å². The van der Waals surface area contributed by atoms with E-state index in [1.165, 1.54) is 12.5 Å². The zero-order valence-corrected chi connectivity index (χ0v) is 11.8. The molecule has 0 aromatic carbocycles. The topological polar surface area (TPSA) is 89.5 Å². The summed E-state index contributed by atoms with van der Waals surface area (Å²) in [5.74, 6) is 0.819. The van der Waals surface area contributed by atoms with Gasteiger partial charge in [0.2, 0.25) is 5.95 Å². The molecule has 3 heterocycles. The van der Waals surface area contributed by atoms with Crippen LogP contribution in [0.15, 0.2) is 11.1 Å². The number of rotatable bonds is 4. The van der Waals surface area contributed by atoms with Gasteiger partial charge in [-0.2, -0.15) is 4.99 Å². The Balaban J connectivity index is 0.00000120. The fourth-order valence-electron chi connectivity index (χ4n) is 1.35. The van der Waals surface area contributed by atoms with Crippen molar-refractivity contribution in [2.75, 3.05) is 0 Å². The molecule has 1 aromatic heterocycles. The van der Waals surface area contributed by atoms with E-state index in [0.29, 0.717) is 11.5 Å². The number of nitrogens with zero attached hydrogens (tertiary/aromatic N) is 3. The number of ether oxygens (including phenoxy) is 1. The van der Waals surface area contributed by atoms with Gasteiger partial charge in [-0.05, 0) is 6.92 Å². The number of carbonyl (C=O) groups excluding carboxylic acids is 1. The number of aryl methyl sites for hydroxylation is 1. The fourth-order valence-corrected chi connectivity index (χ4v) is 1.35. The average Bonchev–Trinajstić information content (AvgIpc) is 3.10. The minimum absolute atomic E-state index is 0. The molecule has 2 saturated heterocycles. The molecule has 0 bridgehead atoms. The molecule has 3 rings (SSSR count). The van der Waals surface area contributed by atoms with Crippen LogP contribution in [0.1, 0.15) is 5.69 Å². The summed E-state index contributed by atoms with van der Waals surface area (Å²) in [5, 5.41) is 0. The molecule has 83 valence electrons. The van der Waals surface area contributed by atoms with Gasteiger partial charge in [0, 0.05) is 5.69 Å². The number of aliphatic imine (C=N–C) groups is 1. The molecule has 1 aromatic rings. The van der Waals surface area contributed by atoms with Crippen molar-refractivity contribution in [1.29, 1.82) is 0 Å². The van der Waals surface area contributed by atoms with E-state index in [2.05, 4.69) is 19.7 Å². The smallest absolute Gasteiger partial charge is 0.596 e. The molecule has 0 aliphatic carbocycles. The number of aromatic nitrogens is 2. The summed E-state index contributed by atoms with van der Waals surface area (Å²) in [4.78, 5) is 22.1. The van der Waals surface area contributed by atoms with Crippen LogP contribution in [-0.2, 0) is 14.1 Å². The minimum Gasteiger partial charge on any atom is -0.596 e. The van der Waals surface area contributed by atoms with E-state index in [1.807, 2.05) is 0 Å². The van der Waals surface area contributed by atoms with Crippen LogP contribution in [0.3, 0.4) is 0 Å². The van der Waals surface area contributed by atoms with Gasteiger partial charge in [0.25, 0.3) is 0 Å². The molecule has 7 nitrogen and oxygen atoms in total. The number of hydrogen-bond donors (Lipinski definition) is 0. The van der Waals surface area contributed by atoms with Crippen LogP contribution < -0.4 is 34.3 Å². The maximum atomic E-state index is 10.1. The van der Waals surface area contributed by atoms with Gasteiger partial charge < -0.3 is 18.8 Å². The van der Waals surface area contributed by atoms with Crippen molar-refractivity contribution in [2.24, 2.45) is 4.99 Å². The molecular formula is C8H5B2N3NaO4. The van der Waals surface area contributed by atoms with Gasteiger partial charge >= 0.3 is 44.0 Å². The molecule has 2 fully saturated rings. The van der Waals surface area contributed by atoms with Gasteiger partial charge in [-0.15, -0.1) is 0 Å². The Morgan fingerprint density at radius 3 is 3.06 bits per heavy atom. The van der Waals surface area contributed by atoms with Gasteiger partial charge in [0.1, 0.15) is 0 Å². The van der Waals surface area contributed by atoms with Gasteiger partial charge in [-0.1, -0.05) is 6.07 Å². The van der Waals surface area contributed by atoms with Gasteiger partial charge in [-0.3, -0.25) is 4.98 Å². The van der Waals surface area contributed by atoms with Crippen molar-refractivity contribution < 1.29 is 48.4 Å². The molecule has 2 aliphatic rings. The summed E-state index contributed by atoms with van der Waals surface area (Å²) < 4.78 is 14.6. The maximum Gasteiger partial charge on any atom is 1.00 e. The summed E-state index contributed by atoms with van der Waals surface area (Å²) in [7, 11) is 1.67. The Morgan fingerprint density at radius 1 is 1.61 bits per heavy atom. The monoisotopic (exact) mass is 252 g/mol. The molecule has 0 N–H and O–H groups in total. The van der Waals surface area contributed by atoms with E-state index < -0.39 is 0 Å². The van der Waals surface area contributed by atoms with Crippen molar-refractivity contribution in [3.05, 3.63) is 11.8 Å². The van der Waals surface area contributed by atoms with E-state index in [1.54, 1.807) is 14.4 Å². The quantitative estimate of drug-likeness (QED) is 0.311. The fraction of sp³-hybridized carbons (Fsp3) is 0.250. The zero-order valence-electron chi connectivity index (χ0n) is 9.78. The predicted molar refractivity (Wildman–Crippen MR) is 57.7 cm³/mol.